The first-order valence-corrected chi connectivity index (χ1v) is 11.2. The number of aromatic nitrogens is 2. The predicted molar refractivity (Wildman–Crippen MR) is 142 cm³/mol. The van der Waals surface area contributed by atoms with Gasteiger partial charge in [0.2, 0.25) is 0 Å². The third-order valence-corrected chi connectivity index (χ3v) is 5.65. The van der Waals surface area contributed by atoms with Gasteiger partial charge in [-0.1, -0.05) is 60.7 Å². The van der Waals surface area contributed by atoms with Crippen molar-refractivity contribution in [2.45, 2.75) is 6.92 Å². The minimum Gasteiger partial charge on any atom is -0.388 e. The molecule has 0 atom stereocenters. The number of carbonyl (C=O) groups excluding carboxylic acids is 2. The number of rotatable bonds is 5. The highest BCUT2D eigenvalue weighted by atomic mass is 16.1. The summed E-state index contributed by atoms with van der Waals surface area (Å²) in [4.78, 5) is 30.5. The van der Waals surface area contributed by atoms with Gasteiger partial charge in [0.25, 0.3) is 0 Å². The second-order valence-electron chi connectivity index (χ2n) is 7.97. The molecule has 0 saturated carbocycles. The van der Waals surface area contributed by atoms with E-state index in [1.807, 2.05) is 86.2 Å². The van der Waals surface area contributed by atoms with Crippen molar-refractivity contribution in [3.63, 3.8) is 0 Å². The number of pyridine rings is 2. The van der Waals surface area contributed by atoms with Crippen molar-refractivity contribution < 1.29 is 9.59 Å². The third-order valence-electron chi connectivity index (χ3n) is 5.65. The van der Waals surface area contributed by atoms with E-state index in [4.69, 9.17) is 0 Å². The van der Waals surface area contributed by atoms with Gasteiger partial charge in [-0.15, -0.1) is 0 Å². The number of aldehydes is 1. The van der Waals surface area contributed by atoms with Crippen LogP contribution in [0.15, 0.2) is 104 Å². The molecule has 0 radical (unpaired) electrons. The molecule has 0 aliphatic carbocycles. The van der Waals surface area contributed by atoms with Crippen molar-refractivity contribution in [1.29, 1.82) is 0 Å². The molecule has 2 heterocycles. The Balaban J connectivity index is 0.000000179. The molecule has 0 amide bonds. The molecule has 0 saturated heterocycles. The molecule has 5 heteroatoms. The van der Waals surface area contributed by atoms with Crippen molar-refractivity contribution in [2.75, 3.05) is 12.4 Å². The van der Waals surface area contributed by atoms with Gasteiger partial charge >= 0.3 is 0 Å². The normalized spacial score (nSPS) is 10.2. The molecule has 0 aliphatic heterocycles. The fourth-order valence-corrected chi connectivity index (χ4v) is 3.88. The minimum absolute atomic E-state index is 0.0574. The lowest BCUT2D eigenvalue weighted by molar-refractivity contribution is 0.101. The van der Waals surface area contributed by atoms with Crippen molar-refractivity contribution in [2.24, 2.45) is 0 Å². The molecule has 5 aromatic rings. The summed E-state index contributed by atoms with van der Waals surface area (Å²) < 4.78 is 0. The van der Waals surface area contributed by atoms with Crippen LogP contribution in [0.1, 0.15) is 27.6 Å². The lowest BCUT2D eigenvalue weighted by atomic mass is 9.98. The zero-order chi connectivity index (χ0) is 24.6. The highest BCUT2D eigenvalue weighted by molar-refractivity contribution is 6.02. The molecule has 0 spiro atoms. The van der Waals surface area contributed by atoms with Crippen LogP contribution in [0.25, 0.3) is 33.0 Å². The predicted octanol–water partition coefficient (Wildman–Crippen LogP) is 6.71. The van der Waals surface area contributed by atoms with Crippen molar-refractivity contribution in [3.05, 3.63) is 115 Å². The lowest BCUT2D eigenvalue weighted by Gasteiger charge is -2.11. The Labute approximate surface area is 204 Å². The fraction of sp³-hybridized carbons (Fsp3) is 0.0667. The van der Waals surface area contributed by atoms with Crippen molar-refractivity contribution in [1.82, 2.24) is 9.97 Å². The average molecular weight is 460 g/mol. The summed E-state index contributed by atoms with van der Waals surface area (Å²) in [5, 5.41) is 5.36. The number of hydrogen-bond donors (Lipinski definition) is 1. The smallest absolute Gasteiger partial charge is 0.161 e. The number of anilines is 1. The molecule has 2 aromatic heterocycles. The van der Waals surface area contributed by atoms with E-state index in [0.717, 1.165) is 45.0 Å². The first kappa shape index (κ1) is 23.5. The van der Waals surface area contributed by atoms with Gasteiger partial charge in [-0.2, -0.15) is 0 Å². The molecular weight excluding hydrogens is 434 g/mol. The zero-order valence-corrected chi connectivity index (χ0v) is 19.6. The fourth-order valence-electron chi connectivity index (χ4n) is 3.88. The third kappa shape index (κ3) is 5.47. The van der Waals surface area contributed by atoms with Crippen LogP contribution in [-0.4, -0.2) is 29.1 Å². The van der Waals surface area contributed by atoms with Gasteiger partial charge in [0.05, 0.1) is 0 Å². The summed E-state index contributed by atoms with van der Waals surface area (Å²) in [6.45, 7) is 1.58. The highest BCUT2D eigenvalue weighted by Gasteiger charge is 2.10. The van der Waals surface area contributed by atoms with Crippen molar-refractivity contribution in [3.8, 4) is 22.3 Å². The summed E-state index contributed by atoms with van der Waals surface area (Å²) >= 11 is 0. The van der Waals surface area contributed by atoms with Gasteiger partial charge in [-0.05, 0) is 41.6 Å². The maximum Gasteiger partial charge on any atom is 0.161 e. The summed E-state index contributed by atoms with van der Waals surface area (Å²) in [5.41, 5.74) is 6.31. The Hall–Kier alpha value is -4.64. The number of nitrogens with zero attached hydrogens (tertiary/aromatic N) is 2. The molecule has 172 valence electrons. The summed E-state index contributed by atoms with van der Waals surface area (Å²) in [6.07, 6.45) is 7.84. The van der Waals surface area contributed by atoms with Crippen LogP contribution < -0.4 is 5.32 Å². The molecule has 0 fully saturated rings. The van der Waals surface area contributed by atoms with Crippen LogP contribution in [0.5, 0.6) is 0 Å². The molecule has 3 aromatic carbocycles. The minimum atomic E-state index is 0.0574. The van der Waals surface area contributed by atoms with Crippen LogP contribution in [0.2, 0.25) is 0 Å². The number of nitrogens with one attached hydrogen (secondary N) is 1. The molecule has 5 rings (SSSR count). The van der Waals surface area contributed by atoms with Gasteiger partial charge in [-0.3, -0.25) is 19.6 Å². The van der Waals surface area contributed by atoms with E-state index in [2.05, 4.69) is 27.4 Å². The van der Waals surface area contributed by atoms with E-state index < -0.39 is 0 Å². The highest BCUT2D eigenvalue weighted by Crippen LogP contribution is 2.30. The van der Waals surface area contributed by atoms with E-state index in [1.54, 1.807) is 19.3 Å². The molecule has 0 bridgehead atoms. The topological polar surface area (TPSA) is 72.0 Å². The standard InChI is InChI=1S/C18H16N2O.C12H9NO/c1-12(21)15-8-7-13(9-18(15)19-2)17-11-20-10-14-5-3-4-6-16(14)17;14-9-10-6-12(8-13-7-10)11-4-2-1-3-5-11/h3-11,19H,1-2H3;1-9H. The van der Waals surface area contributed by atoms with Gasteiger partial charge < -0.3 is 5.32 Å². The van der Waals surface area contributed by atoms with Crippen LogP contribution in [0.3, 0.4) is 0 Å². The Morgan fingerprint density at radius 3 is 2.26 bits per heavy atom. The summed E-state index contributed by atoms with van der Waals surface area (Å²) in [6, 6.07) is 25.7. The maximum atomic E-state index is 11.6. The number of hydrogen-bond acceptors (Lipinski definition) is 5. The second kappa shape index (κ2) is 11.0. The van der Waals surface area contributed by atoms with Crippen LogP contribution in [0, 0.1) is 0 Å². The van der Waals surface area contributed by atoms with Gasteiger partial charge in [-0.25, -0.2) is 0 Å². The number of fused-ring (bicyclic) bond motifs is 1. The SMILES string of the molecule is CNc1cc(-c2cncc3ccccc23)ccc1C(C)=O.O=Cc1cncc(-c2ccccc2)c1. The Morgan fingerprint density at radius 2 is 1.51 bits per heavy atom. The lowest BCUT2D eigenvalue weighted by Crippen LogP contribution is -2.00. The second-order valence-corrected chi connectivity index (χ2v) is 7.97. The van der Waals surface area contributed by atoms with Crippen LogP contribution in [0.4, 0.5) is 5.69 Å². The molecule has 35 heavy (non-hydrogen) atoms. The average Bonchev–Trinajstić information content (AvgIpc) is 2.93. The first-order chi connectivity index (χ1) is 17.1. The first-order valence-electron chi connectivity index (χ1n) is 11.2. The number of carbonyl (C=O) groups is 2. The van der Waals surface area contributed by atoms with Crippen molar-refractivity contribution >= 4 is 28.5 Å². The van der Waals surface area contributed by atoms with E-state index >= 15 is 0 Å². The Kier molecular flexibility index (Phi) is 7.38. The number of ketones is 1. The molecule has 5 nitrogen and oxygen atoms in total. The molecular formula is C30H25N3O2. The largest absolute Gasteiger partial charge is 0.388 e. The van der Waals surface area contributed by atoms with Gasteiger partial charge in [0.15, 0.2) is 12.1 Å². The number of Topliss-reactive ketones (excluding diaryl/α,β-unsaturated/α-hetero) is 1. The van der Waals surface area contributed by atoms with Crippen LogP contribution >= 0.6 is 0 Å². The van der Waals surface area contributed by atoms with E-state index in [9.17, 15) is 9.59 Å². The van der Waals surface area contributed by atoms with Gasteiger partial charge in [0.1, 0.15) is 0 Å². The summed E-state index contributed by atoms with van der Waals surface area (Å²) in [5.74, 6) is 0.0574. The van der Waals surface area contributed by atoms with Crippen LogP contribution in [-0.2, 0) is 0 Å². The summed E-state index contributed by atoms with van der Waals surface area (Å²) in [7, 11) is 1.83. The molecule has 0 aliphatic rings. The van der Waals surface area contributed by atoms with E-state index in [-0.39, 0.29) is 5.78 Å². The van der Waals surface area contributed by atoms with Gasteiger partial charge in [0, 0.05) is 65.2 Å². The quantitative estimate of drug-likeness (QED) is 0.234. The van der Waals surface area contributed by atoms with E-state index in [1.165, 1.54) is 0 Å². The Bertz CT molecular complexity index is 1470. The maximum absolute atomic E-state index is 11.6. The Morgan fingerprint density at radius 1 is 0.771 bits per heavy atom. The molecule has 1 N–H and O–H groups in total. The molecule has 0 unspecified atom stereocenters. The van der Waals surface area contributed by atoms with E-state index in [0.29, 0.717) is 11.1 Å². The number of benzene rings is 3. The zero-order valence-electron chi connectivity index (χ0n) is 19.6. The monoisotopic (exact) mass is 459 g/mol.